The number of nitrogens with two attached hydrogens (primary N) is 1. The molecule has 0 aliphatic carbocycles. The number of benzene rings is 1. The molecule has 20 heavy (non-hydrogen) atoms. The third-order valence-electron chi connectivity index (χ3n) is 3.93. The molecule has 0 spiro atoms. The average molecular weight is 273 g/mol. The van der Waals surface area contributed by atoms with Crippen LogP contribution in [0.25, 0.3) is 0 Å². The number of aryl methyl sites for hydroxylation is 1. The molecule has 0 radical (unpaired) electrons. The zero-order valence-electron chi connectivity index (χ0n) is 12.3. The molecule has 1 atom stereocenters. The first-order valence-electron chi connectivity index (χ1n) is 6.90. The number of hydrogen-bond acceptors (Lipinski definition) is 4. The number of aliphatic imine (C=N–C) groups is 1. The zero-order valence-corrected chi connectivity index (χ0v) is 12.3. The van der Waals surface area contributed by atoms with Gasteiger partial charge in [0.25, 0.3) is 0 Å². The summed E-state index contributed by atoms with van der Waals surface area (Å²) in [6.45, 7) is 7.50. The van der Waals surface area contributed by atoms with E-state index in [9.17, 15) is 0 Å². The molecule has 0 fully saturated rings. The van der Waals surface area contributed by atoms with Gasteiger partial charge in [-0.05, 0) is 37.5 Å². The maximum Gasteiger partial charge on any atom is 0.192 e. The van der Waals surface area contributed by atoms with Gasteiger partial charge in [0.15, 0.2) is 5.96 Å². The van der Waals surface area contributed by atoms with Crippen molar-refractivity contribution in [3.05, 3.63) is 42.5 Å². The van der Waals surface area contributed by atoms with E-state index in [-0.39, 0.29) is 5.54 Å². The maximum absolute atomic E-state index is 5.96. The van der Waals surface area contributed by atoms with Crippen LogP contribution in [0.4, 0.5) is 0 Å². The van der Waals surface area contributed by atoms with Gasteiger partial charge in [-0.15, -0.1) is 6.58 Å². The minimum Gasteiger partial charge on any atom is -0.497 e. The highest BCUT2D eigenvalue weighted by molar-refractivity contribution is 5.81. The van der Waals surface area contributed by atoms with Gasteiger partial charge in [-0.25, -0.2) is 0 Å². The van der Waals surface area contributed by atoms with E-state index in [0.717, 1.165) is 31.7 Å². The van der Waals surface area contributed by atoms with Gasteiger partial charge >= 0.3 is 0 Å². The fraction of sp³-hybridized carbons (Fsp3) is 0.438. The lowest BCUT2D eigenvalue weighted by molar-refractivity contribution is 0.225. The standard InChI is InChI=1S/C16H23N3O/c1-4-11-19-15(17)18-12-16(19,2)10-9-13-5-7-14(20-3)8-6-13/h4-8H,1,9-12H2,2-3H3,(H2,17,18). The van der Waals surface area contributed by atoms with Crippen LogP contribution in [0, 0.1) is 0 Å². The number of rotatable bonds is 6. The molecule has 2 N–H and O–H groups in total. The molecule has 1 unspecified atom stereocenters. The molecule has 2 rings (SSSR count). The van der Waals surface area contributed by atoms with Crippen molar-refractivity contribution in [3.8, 4) is 5.75 Å². The number of hydrogen-bond donors (Lipinski definition) is 1. The van der Waals surface area contributed by atoms with Crippen LogP contribution in [0.2, 0.25) is 0 Å². The van der Waals surface area contributed by atoms with Crippen LogP contribution >= 0.6 is 0 Å². The second kappa shape index (κ2) is 5.99. The highest BCUT2D eigenvalue weighted by Gasteiger charge is 2.36. The van der Waals surface area contributed by atoms with Gasteiger partial charge in [-0.2, -0.15) is 0 Å². The minimum absolute atomic E-state index is 0.0157. The van der Waals surface area contributed by atoms with Crippen molar-refractivity contribution in [1.82, 2.24) is 4.90 Å². The van der Waals surface area contributed by atoms with Crippen LogP contribution in [0.1, 0.15) is 18.9 Å². The number of guanidine groups is 1. The lowest BCUT2D eigenvalue weighted by Gasteiger charge is -2.35. The number of ether oxygens (including phenoxy) is 1. The number of nitrogens with zero attached hydrogens (tertiary/aromatic N) is 2. The van der Waals surface area contributed by atoms with Gasteiger partial charge in [0.2, 0.25) is 0 Å². The van der Waals surface area contributed by atoms with Crippen LogP contribution in [0.3, 0.4) is 0 Å². The number of methoxy groups -OCH3 is 1. The lowest BCUT2D eigenvalue weighted by Crippen LogP contribution is -2.49. The molecule has 1 aromatic carbocycles. The molecule has 0 aromatic heterocycles. The third-order valence-corrected chi connectivity index (χ3v) is 3.93. The molecular formula is C16H23N3O. The Bertz CT molecular complexity index is 495. The molecule has 4 nitrogen and oxygen atoms in total. The van der Waals surface area contributed by atoms with Crippen molar-refractivity contribution >= 4 is 5.96 Å². The van der Waals surface area contributed by atoms with Gasteiger partial charge in [0.1, 0.15) is 5.75 Å². The maximum atomic E-state index is 5.96. The van der Waals surface area contributed by atoms with E-state index in [4.69, 9.17) is 10.5 Å². The van der Waals surface area contributed by atoms with Gasteiger partial charge in [0, 0.05) is 6.54 Å². The smallest absolute Gasteiger partial charge is 0.192 e. The normalized spacial score (nSPS) is 21.7. The van der Waals surface area contributed by atoms with E-state index >= 15 is 0 Å². The van der Waals surface area contributed by atoms with Crippen LogP contribution in [0.5, 0.6) is 5.75 Å². The lowest BCUT2D eigenvalue weighted by atomic mass is 9.92. The van der Waals surface area contributed by atoms with Gasteiger partial charge in [-0.1, -0.05) is 18.2 Å². The van der Waals surface area contributed by atoms with Crippen molar-refractivity contribution in [1.29, 1.82) is 0 Å². The first kappa shape index (κ1) is 14.4. The van der Waals surface area contributed by atoms with Crippen molar-refractivity contribution in [3.63, 3.8) is 0 Å². The minimum atomic E-state index is -0.0157. The molecule has 1 heterocycles. The molecule has 0 bridgehead atoms. The first-order valence-corrected chi connectivity index (χ1v) is 6.90. The summed E-state index contributed by atoms with van der Waals surface area (Å²) in [4.78, 5) is 6.52. The second-order valence-electron chi connectivity index (χ2n) is 5.42. The monoisotopic (exact) mass is 273 g/mol. The SMILES string of the molecule is C=CCN1C(N)=NCC1(C)CCc1ccc(OC)cc1. The summed E-state index contributed by atoms with van der Waals surface area (Å²) in [6, 6.07) is 8.22. The Morgan fingerprint density at radius 3 is 2.75 bits per heavy atom. The Kier molecular flexibility index (Phi) is 4.32. The second-order valence-corrected chi connectivity index (χ2v) is 5.42. The summed E-state index contributed by atoms with van der Waals surface area (Å²) in [7, 11) is 1.68. The molecule has 1 aliphatic heterocycles. The summed E-state index contributed by atoms with van der Waals surface area (Å²) >= 11 is 0. The molecule has 1 aliphatic rings. The van der Waals surface area contributed by atoms with Crippen LogP contribution in [0.15, 0.2) is 41.9 Å². The summed E-state index contributed by atoms with van der Waals surface area (Å²) in [5.41, 5.74) is 7.25. The molecule has 1 aromatic rings. The predicted octanol–water partition coefficient (Wildman–Crippen LogP) is 2.20. The van der Waals surface area contributed by atoms with Crippen molar-refractivity contribution in [2.45, 2.75) is 25.3 Å². The van der Waals surface area contributed by atoms with E-state index in [1.165, 1.54) is 5.56 Å². The van der Waals surface area contributed by atoms with Gasteiger partial charge in [-0.3, -0.25) is 4.99 Å². The fourth-order valence-electron chi connectivity index (χ4n) is 2.56. The topological polar surface area (TPSA) is 50.8 Å². The highest BCUT2D eigenvalue weighted by Crippen LogP contribution is 2.27. The van der Waals surface area contributed by atoms with Crippen LogP contribution in [-0.2, 0) is 6.42 Å². The van der Waals surface area contributed by atoms with E-state index in [1.807, 2.05) is 18.2 Å². The Balaban J connectivity index is 1.99. The Morgan fingerprint density at radius 1 is 1.45 bits per heavy atom. The molecule has 0 saturated carbocycles. The summed E-state index contributed by atoms with van der Waals surface area (Å²) in [6.07, 6.45) is 3.88. The molecule has 108 valence electrons. The highest BCUT2D eigenvalue weighted by atomic mass is 16.5. The van der Waals surface area contributed by atoms with Gasteiger partial charge in [0.05, 0.1) is 19.2 Å². The fourth-order valence-corrected chi connectivity index (χ4v) is 2.56. The third kappa shape index (κ3) is 2.95. The summed E-state index contributed by atoms with van der Waals surface area (Å²) in [5, 5.41) is 0. The van der Waals surface area contributed by atoms with Gasteiger partial charge < -0.3 is 15.4 Å². The quantitative estimate of drug-likeness (QED) is 0.808. The zero-order chi connectivity index (χ0) is 14.6. The average Bonchev–Trinajstić information content (AvgIpc) is 2.75. The van der Waals surface area contributed by atoms with E-state index in [1.54, 1.807) is 7.11 Å². The van der Waals surface area contributed by atoms with Crippen molar-refractivity contribution in [2.24, 2.45) is 10.7 Å². The van der Waals surface area contributed by atoms with Crippen molar-refractivity contribution in [2.75, 3.05) is 20.2 Å². The Hall–Kier alpha value is -1.97. The predicted molar refractivity (Wildman–Crippen MR) is 83.1 cm³/mol. The largest absolute Gasteiger partial charge is 0.497 e. The molecule has 4 heteroatoms. The van der Waals surface area contributed by atoms with Crippen LogP contribution < -0.4 is 10.5 Å². The molecule has 0 amide bonds. The molecular weight excluding hydrogens is 250 g/mol. The Labute approximate surface area is 120 Å². The van der Waals surface area contributed by atoms with E-state index < -0.39 is 0 Å². The van der Waals surface area contributed by atoms with Crippen LogP contribution in [-0.4, -0.2) is 36.6 Å². The first-order chi connectivity index (χ1) is 9.59. The van der Waals surface area contributed by atoms with Crippen molar-refractivity contribution < 1.29 is 4.74 Å². The van der Waals surface area contributed by atoms with E-state index in [2.05, 4.69) is 35.5 Å². The van der Waals surface area contributed by atoms with E-state index in [0.29, 0.717) is 5.96 Å². The summed E-state index contributed by atoms with van der Waals surface area (Å²) < 4.78 is 5.18. The molecule has 0 saturated heterocycles. The Morgan fingerprint density at radius 2 is 2.15 bits per heavy atom. The summed E-state index contributed by atoms with van der Waals surface area (Å²) in [5.74, 6) is 1.52.